The van der Waals surface area contributed by atoms with Crippen molar-refractivity contribution >= 4 is 23.1 Å². The van der Waals surface area contributed by atoms with Gasteiger partial charge in [-0.15, -0.1) is 0 Å². The third-order valence-electron chi connectivity index (χ3n) is 7.51. The molecule has 1 fully saturated rings. The molecule has 0 radical (unpaired) electrons. The normalized spacial score (nSPS) is 15.7. The lowest BCUT2D eigenvalue weighted by Gasteiger charge is -2.37. The smallest absolute Gasteiger partial charge is 0.141 e. The minimum Gasteiger partial charge on any atom is -0.379 e. The number of aryl methyl sites for hydroxylation is 3. The Morgan fingerprint density at radius 3 is 2.37 bits per heavy atom. The van der Waals surface area contributed by atoms with E-state index in [2.05, 4.69) is 78.2 Å². The zero-order chi connectivity index (χ0) is 27.2. The van der Waals surface area contributed by atoms with Crippen molar-refractivity contribution in [2.24, 2.45) is 4.99 Å². The van der Waals surface area contributed by atoms with Crippen LogP contribution in [0.3, 0.4) is 0 Å². The molecular weight excluding hydrogens is 496 g/mol. The van der Waals surface area contributed by atoms with E-state index in [0.29, 0.717) is 12.0 Å². The first-order valence-electron chi connectivity index (χ1n) is 13.6. The van der Waals surface area contributed by atoms with Gasteiger partial charge in [-0.1, -0.05) is 54.9 Å². The fourth-order valence-electron chi connectivity index (χ4n) is 5.28. The number of anilines is 1. The Labute approximate surface area is 232 Å². The van der Waals surface area contributed by atoms with E-state index in [1.54, 1.807) is 0 Å². The Kier molecular flexibility index (Phi) is 9.64. The highest BCUT2D eigenvalue weighted by Gasteiger charge is 2.23. The van der Waals surface area contributed by atoms with E-state index in [0.717, 1.165) is 84.8 Å². The fourth-order valence-corrected chi connectivity index (χ4v) is 5.70. The van der Waals surface area contributed by atoms with E-state index in [4.69, 9.17) is 25.9 Å². The van der Waals surface area contributed by atoms with Gasteiger partial charge in [-0.05, 0) is 68.0 Å². The summed E-state index contributed by atoms with van der Waals surface area (Å²) in [6.45, 7) is 14.9. The lowest BCUT2D eigenvalue weighted by atomic mass is 9.99. The van der Waals surface area contributed by atoms with Gasteiger partial charge in [0.15, 0.2) is 0 Å². The second-order valence-electron chi connectivity index (χ2n) is 10.5. The van der Waals surface area contributed by atoms with Crippen molar-refractivity contribution in [3.05, 3.63) is 70.1 Å². The first-order valence-corrected chi connectivity index (χ1v) is 14.0. The van der Waals surface area contributed by atoms with Crippen LogP contribution in [0.5, 0.6) is 0 Å². The molecule has 4 rings (SSSR count). The standard InChI is InChI=1S/C31H41ClN4O2/c1-21(2)28-13-7-25(19-29(28)32)8-14-30(33-6)36(20-22(3)35-15-17-37-18-16-35)27-11-9-26(10-12-27)31-23(4)34-38-24(31)5/h7,9-13,19,21-22H,8,14-18,20H2,1-6H3. The molecule has 6 nitrogen and oxygen atoms in total. The summed E-state index contributed by atoms with van der Waals surface area (Å²) in [7, 11) is 1.90. The Hall–Kier alpha value is -2.67. The molecule has 1 aromatic heterocycles. The quantitative estimate of drug-likeness (QED) is 0.219. The molecule has 0 spiro atoms. The molecule has 1 aliphatic rings. The molecule has 2 heterocycles. The summed E-state index contributed by atoms with van der Waals surface area (Å²) < 4.78 is 11.0. The van der Waals surface area contributed by atoms with Gasteiger partial charge in [-0.3, -0.25) is 9.89 Å². The minimum atomic E-state index is 0.359. The van der Waals surface area contributed by atoms with Crippen molar-refractivity contribution in [2.75, 3.05) is 44.8 Å². The molecule has 38 heavy (non-hydrogen) atoms. The Balaban J connectivity index is 1.57. The summed E-state index contributed by atoms with van der Waals surface area (Å²) in [6.07, 6.45) is 1.71. The van der Waals surface area contributed by atoms with Crippen LogP contribution in [-0.4, -0.2) is 61.8 Å². The largest absolute Gasteiger partial charge is 0.379 e. The molecule has 0 N–H and O–H groups in total. The fraction of sp³-hybridized carbons (Fsp3) is 0.484. The summed E-state index contributed by atoms with van der Waals surface area (Å²) in [5, 5.41) is 4.97. The highest BCUT2D eigenvalue weighted by atomic mass is 35.5. The molecule has 0 bridgehead atoms. The summed E-state index contributed by atoms with van der Waals surface area (Å²) in [5.74, 6) is 2.32. The number of morpholine rings is 1. The van der Waals surface area contributed by atoms with Crippen molar-refractivity contribution < 1.29 is 9.26 Å². The molecule has 1 unspecified atom stereocenters. The summed E-state index contributed by atoms with van der Waals surface area (Å²) in [4.78, 5) is 9.67. The van der Waals surface area contributed by atoms with Gasteiger partial charge in [0.1, 0.15) is 11.6 Å². The molecule has 204 valence electrons. The van der Waals surface area contributed by atoms with Gasteiger partial charge in [-0.25, -0.2) is 0 Å². The van der Waals surface area contributed by atoms with Gasteiger partial charge in [0.25, 0.3) is 0 Å². The number of halogens is 1. The number of hydrogen-bond acceptors (Lipinski definition) is 5. The first-order chi connectivity index (χ1) is 18.3. The van der Waals surface area contributed by atoms with Gasteiger partial charge < -0.3 is 14.2 Å². The topological polar surface area (TPSA) is 54.1 Å². The molecule has 7 heteroatoms. The summed E-state index contributed by atoms with van der Waals surface area (Å²) in [6, 6.07) is 15.5. The van der Waals surface area contributed by atoms with E-state index in [-0.39, 0.29) is 0 Å². The van der Waals surface area contributed by atoms with Crippen molar-refractivity contribution in [2.45, 2.75) is 59.4 Å². The SMILES string of the molecule is CN=C(CCc1ccc(C(C)C)c(Cl)c1)N(CC(C)N1CCOCC1)c1ccc(-c2c(C)noc2C)cc1. The zero-order valence-corrected chi connectivity index (χ0v) is 24.4. The number of aromatic nitrogens is 1. The van der Waals surface area contributed by atoms with Crippen molar-refractivity contribution in [1.82, 2.24) is 10.1 Å². The predicted octanol–water partition coefficient (Wildman–Crippen LogP) is 6.92. The third-order valence-corrected chi connectivity index (χ3v) is 7.84. The molecule has 1 saturated heterocycles. The summed E-state index contributed by atoms with van der Waals surface area (Å²) in [5.41, 5.74) is 6.65. The van der Waals surface area contributed by atoms with E-state index in [9.17, 15) is 0 Å². The molecule has 1 aliphatic heterocycles. The van der Waals surface area contributed by atoms with E-state index < -0.39 is 0 Å². The monoisotopic (exact) mass is 536 g/mol. The minimum absolute atomic E-state index is 0.359. The van der Waals surface area contributed by atoms with E-state index in [1.807, 2.05) is 20.9 Å². The number of nitrogens with zero attached hydrogens (tertiary/aromatic N) is 4. The number of amidine groups is 1. The van der Waals surface area contributed by atoms with Gasteiger partial charge in [-0.2, -0.15) is 0 Å². The Morgan fingerprint density at radius 2 is 1.79 bits per heavy atom. The van der Waals surface area contributed by atoms with Crippen LogP contribution in [-0.2, 0) is 11.2 Å². The van der Waals surface area contributed by atoms with Crippen LogP contribution in [0.15, 0.2) is 52.0 Å². The average Bonchev–Trinajstić information content (AvgIpc) is 3.26. The average molecular weight is 537 g/mol. The van der Waals surface area contributed by atoms with Gasteiger partial charge in [0.05, 0.1) is 18.9 Å². The lowest BCUT2D eigenvalue weighted by molar-refractivity contribution is 0.0220. The molecule has 1 atom stereocenters. The van der Waals surface area contributed by atoms with Crippen molar-refractivity contribution in [3.63, 3.8) is 0 Å². The second-order valence-corrected chi connectivity index (χ2v) is 10.9. The highest BCUT2D eigenvalue weighted by Crippen LogP contribution is 2.30. The van der Waals surface area contributed by atoms with Gasteiger partial charge >= 0.3 is 0 Å². The molecule has 2 aromatic carbocycles. The first kappa shape index (κ1) is 28.3. The van der Waals surface area contributed by atoms with Crippen LogP contribution in [0, 0.1) is 13.8 Å². The third kappa shape index (κ3) is 6.66. The highest BCUT2D eigenvalue weighted by molar-refractivity contribution is 6.31. The van der Waals surface area contributed by atoms with Crippen LogP contribution in [0.25, 0.3) is 11.1 Å². The number of hydrogen-bond donors (Lipinski definition) is 0. The number of ether oxygens (including phenoxy) is 1. The maximum Gasteiger partial charge on any atom is 0.141 e. The predicted molar refractivity (Wildman–Crippen MR) is 158 cm³/mol. The van der Waals surface area contributed by atoms with Crippen LogP contribution in [0.2, 0.25) is 5.02 Å². The van der Waals surface area contributed by atoms with Crippen molar-refractivity contribution in [1.29, 1.82) is 0 Å². The molecule has 3 aromatic rings. The lowest BCUT2D eigenvalue weighted by Crippen LogP contribution is -2.49. The maximum atomic E-state index is 6.60. The van der Waals surface area contributed by atoms with Gasteiger partial charge in [0.2, 0.25) is 0 Å². The summed E-state index contributed by atoms with van der Waals surface area (Å²) >= 11 is 6.60. The van der Waals surface area contributed by atoms with Crippen LogP contribution in [0.1, 0.15) is 55.7 Å². The molecule has 0 amide bonds. The Bertz CT molecular complexity index is 1210. The molecular formula is C31H41ClN4O2. The van der Waals surface area contributed by atoms with E-state index >= 15 is 0 Å². The number of benzene rings is 2. The number of aliphatic imine (C=N–C) groups is 1. The maximum absolute atomic E-state index is 6.60. The Morgan fingerprint density at radius 1 is 1.08 bits per heavy atom. The second kappa shape index (κ2) is 12.9. The zero-order valence-electron chi connectivity index (χ0n) is 23.6. The van der Waals surface area contributed by atoms with E-state index in [1.165, 1.54) is 11.1 Å². The van der Waals surface area contributed by atoms with Crippen LogP contribution in [0.4, 0.5) is 5.69 Å². The molecule has 0 saturated carbocycles. The molecule has 0 aliphatic carbocycles. The number of rotatable bonds is 9. The van der Waals surface area contributed by atoms with Crippen LogP contribution < -0.4 is 4.90 Å². The van der Waals surface area contributed by atoms with Crippen LogP contribution >= 0.6 is 11.6 Å². The van der Waals surface area contributed by atoms with Crippen molar-refractivity contribution in [3.8, 4) is 11.1 Å². The van der Waals surface area contributed by atoms with Gasteiger partial charge in [0, 0.05) is 55.4 Å².